The molecular formula is C13H8F2N2O. The molecule has 0 bridgehead atoms. The minimum Gasteiger partial charge on any atom is -0.436 e. The van der Waals surface area contributed by atoms with Crippen molar-refractivity contribution >= 4 is 0 Å². The molecule has 2 rings (SSSR count). The van der Waals surface area contributed by atoms with Gasteiger partial charge in [0.1, 0.15) is 0 Å². The smallest absolute Gasteiger partial charge is 0.220 e. The first-order valence-electron chi connectivity index (χ1n) is 5.11. The third kappa shape index (κ3) is 2.43. The molecule has 18 heavy (non-hydrogen) atoms. The molecule has 0 saturated heterocycles. The summed E-state index contributed by atoms with van der Waals surface area (Å²) in [6, 6.07) is 8.46. The third-order valence-corrected chi connectivity index (χ3v) is 2.19. The van der Waals surface area contributed by atoms with E-state index in [1.165, 1.54) is 18.2 Å². The summed E-state index contributed by atoms with van der Waals surface area (Å²) in [4.78, 5) is 3.99. The fourth-order valence-electron chi connectivity index (χ4n) is 1.43. The summed E-state index contributed by atoms with van der Waals surface area (Å²) in [6.45, 7) is 1.68. The average molecular weight is 246 g/mol. The Kier molecular flexibility index (Phi) is 3.20. The zero-order valence-corrected chi connectivity index (χ0v) is 9.45. The molecule has 0 aliphatic carbocycles. The molecule has 0 amide bonds. The Morgan fingerprint density at radius 2 is 2.06 bits per heavy atom. The van der Waals surface area contributed by atoms with Gasteiger partial charge in [0.25, 0.3) is 0 Å². The number of pyridine rings is 1. The number of aryl methyl sites for hydroxylation is 1. The minimum absolute atomic E-state index is 0.0519. The van der Waals surface area contributed by atoms with E-state index in [1.807, 2.05) is 6.07 Å². The fourth-order valence-corrected chi connectivity index (χ4v) is 1.43. The van der Waals surface area contributed by atoms with Gasteiger partial charge in [0, 0.05) is 11.8 Å². The first-order valence-corrected chi connectivity index (χ1v) is 5.11. The Morgan fingerprint density at radius 1 is 1.28 bits per heavy atom. The van der Waals surface area contributed by atoms with E-state index < -0.39 is 11.6 Å². The van der Waals surface area contributed by atoms with Crippen molar-refractivity contribution < 1.29 is 13.5 Å². The zero-order chi connectivity index (χ0) is 13.1. The van der Waals surface area contributed by atoms with Crippen molar-refractivity contribution in [2.24, 2.45) is 0 Å². The molecule has 2 aromatic rings. The molecule has 0 spiro atoms. The predicted octanol–water partition coefficient (Wildman–Crippen LogP) is 3.33. The van der Waals surface area contributed by atoms with Crippen LogP contribution in [0.2, 0.25) is 0 Å². The number of halogens is 2. The maximum Gasteiger partial charge on any atom is 0.220 e. The lowest BCUT2D eigenvalue weighted by atomic mass is 10.2. The van der Waals surface area contributed by atoms with Crippen molar-refractivity contribution in [2.75, 3.05) is 0 Å². The van der Waals surface area contributed by atoms with Crippen molar-refractivity contribution in [3.8, 4) is 17.7 Å². The van der Waals surface area contributed by atoms with Crippen molar-refractivity contribution in [3.63, 3.8) is 0 Å². The van der Waals surface area contributed by atoms with Crippen LogP contribution in [0.1, 0.15) is 11.3 Å². The van der Waals surface area contributed by atoms with E-state index in [0.29, 0.717) is 11.3 Å². The predicted molar refractivity (Wildman–Crippen MR) is 60.1 cm³/mol. The Labute approximate surface area is 102 Å². The van der Waals surface area contributed by atoms with Crippen molar-refractivity contribution in [3.05, 3.63) is 53.2 Å². The number of rotatable bonds is 2. The van der Waals surface area contributed by atoms with Crippen molar-refractivity contribution in [2.45, 2.75) is 6.92 Å². The van der Waals surface area contributed by atoms with E-state index in [4.69, 9.17) is 10.00 Å². The van der Waals surface area contributed by atoms with Gasteiger partial charge in [-0.15, -0.1) is 0 Å². The molecule has 0 aliphatic heterocycles. The Morgan fingerprint density at radius 3 is 2.78 bits per heavy atom. The molecule has 0 fully saturated rings. The van der Waals surface area contributed by atoms with Gasteiger partial charge in [-0.25, -0.2) is 9.37 Å². The van der Waals surface area contributed by atoms with Crippen LogP contribution in [0.15, 0.2) is 30.3 Å². The number of hydrogen-bond donors (Lipinski definition) is 0. The van der Waals surface area contributed by atoms with E-state index in [-0.39, 0.29) is 11.6 Å². The molecule has 0 N–H and O–H groups in total. The first kappa shape index (κ1) is 12.0. The molecule has 0 aliphatic rings. The van der Waals surface area contributed by atoms with E-state index >= 15 is 0 Å². The van der Waals surface area contributed by atoms with Gasteiger partial charge in [-0.05, 0) is 25.1 Å². The monoisotopic (exact) mass is 246 g/mol. The van der Waals surface area contributed by atoms with Crippen LogP contribution in [0, 0.1) is 29.9 Å². The van der Waals surface area contributed by atoms with Crippen LogP contribution in [0.4, 0.5) is 8.78 Å². The second-order valence-corrected chi connectivity index (χ2v) is 3.60. The van der Waals surface area contributed by atoms with Crippen LogP contribution in [-0.4, -0.2) is 4.98 Å². The van der Waals surface area contributed by atoms with Crippen LogP contribution in [0.3, 0.4) is 0 Å². The normalized spacial score (nSPS) is 9.89. The molecule has 1 heterocycles. The highest BCUT2D eigenvalue weighted by Crippen LogP contribution is 2.25. The molecule has 5 heteroatoms. The molecule has 1 aromatic heterocycles. The van der Waals surface area contributed by atoms with E-state index in [9.17, 15) is 8.78 Å². The van der Waals surface area contributed by atoms with Gasteiger partial charge in [-0.1, -0.05) is 6.07 Å². The fraction of sp³-hybridized carbons (Fsp3) is 0.0769. The molecule has 0 atom stereocenters. The van der Waals surface area contributed by atoms with Crippen LogP contribution < -0.4 is 4.74 Å². The van der Waals surface area contributed by atoms with Gasteiger partial charge in [-0.3, -0.25) is 0 Å². The Balaban J connectivity index is 2.37. The topological polar surface area (TPSA) is 45.9 Å². The lowest BCUT2D eigenvalue weighted by Crippen LogP contribution is -1.95. The molecule has 1 aromatic carbocycles. The van der Waals surface area contributed by atoms with Crippen LogP contribution in [0.25, 0.3) is 0 Å². The zero-order valence-electron chi connectivity index (χ0n) is 9.45. The van der Waals surface area contributed by atoms with Gasteiger partial charge < -0.3 is 4.74 Å². The minimum atomic E-state index is -1.08. The SMILES string of the molecule is Cc1cc(C#N)cc(Oc2cccc(F)c2F)n1. The summed E-state index contributed by atoms with van der Waals surface area (Å²) < 4.78 is 31.5. The molecular weight excluding hydrogens is 238 g/mol. The maximum atomic E-state index is 13.4. The maximum absolute atomic E-state index is 13.4. The summed E-state index contributed by atoms with van der Waals surface area (Å²) in [6.07, 6.45) is 0. The van der Waals surface area contributed by atoms with E-state index in [1.54, 1.807) is 13.0 Å². The van der Waals surface area contributed by atoms with Crippen molar-refractivity contribution in [1.29, 1.82) is 5.26 Å². The van der Waals surface area contributed by atoms with Gasteiger partial charge in [0.2, 0.25) is 11.7 Å². The van der Waals surface area contributed by atoms with Crippen LogP contribution in [-0.2, 0) is 0 Å². The number of nitrogens with zero attached hydrogens (tertiary/aromatic N) is 2. The first-order chi connectivity index (χ1) is 8.60. The second kappa shape index (κ2) is 4.80. The highest BCUT2D eigenvalue weighted by Gasteiger charge is 2.11. The van der Waals surface area contributed by atoms with Gasteiger partial charge in [0.05, 0.1) is 11.6 Å². The lowest BCUT2D eigenvalue weighted by molar-refractivity contribution is 0.405. The van der Waals surface area contributed by atoms with Gasteiger partial charge in [-0.2, -0.15) is 9.65 Å². The number of nitriles is 1. The Bertz CT molecular complexity index is 635. The summed E-state index contributed by atoms with van der Waals surface area (Å²) in [7, 11) is 0. The quantitative estimate of drug-likeness (QED) is 0.816. The van der Waals surface area contributed by atoms with Gasteiger partial charge in [0.15, 0.2) is 11.6 Å². The number of aromatic nitrogens is 1. The third-order valence-electron chi connectivity index (χ3n) is 2.19. The lowest BCUT2D eigenvalue weighted by Gasteiger charge is -2.07. The van der Waals surface area contributed by atoms with Crippen LogP contribution >= 0.6 is 0 Å². The average Bonchev–Trinajstić information content (AvgIpc) is 2.34. The number of benzene rings is 1. The highest BCUT2D eigenvalue weighted by molar-refractivity contribution is 5.36. The molecule has 0 saturated carbocycles. The standard InChI is InChI=1S/C13H8F2N2O/c1-8-5-9(7-16)6-12(17-8)18-11-4-2-3-10(14)13(11)15/h2-6H,1H3. The molecule has 0 radical (unpaired) electrons. The van der Waals surface area contributed by atoms with Crippen LogP contribution in [0.5, 0.6) is 11.6 Å². The summed E-state index contributed by atoms with van der Waals surface area (Å²) in [5, 5.41) is 8.78. The molecule has 3 nitrogen and oxygen atoms in total. The molecule has 90 valence electrons. The summed E-state index contributed by atoms with van der Waals surface area (Å²) in [5.41, 5.74) is 0.898. The summed E-state index contributed by atoms with van der Waals surface area (Å²) >= 11 is 0. The number of hydrogen-bond acceptors (Lipinski definition) is 3. The van der Waals surface area contributed by atoms with E-state index in [2.05, 4.69) is 4.98 Å². The van der Waals surface area contributed by atoms with Gasteiger partial charge >= 0.3 is 0 Å². The van der Waals surface area contributed by atoms with Crippen molar-refractivity contribution in [1.82, 2.24) is 4.98 Å². The number of ether oxygens (including phenoxy) is 1. The summed E-state index contributed by atoms with van der Waals surface area (Å²) in [5.74, 6) is -2.30. The van der Waals surface area contributed by atoms with E-state index in [0.717, 1.165) is 6.07 Å². The molecule has 0 unspecified atom stereocenters. The Hall–Kier alpha value is -2.48. The largest absolute Gasteiger partial charge is 0.436 e. The highest BCUT2D eigenvalue weighted by atomic mass is 19.2. The second-order valence-electron chi connectivity index (χ2n) is 3.60.